The van der Waals surface area contributed by atoms with E-state index in [1.807, 2.05) is 44.2 Å². The molecule has 2 aromatic carbocycles. The molecule has 0 aliphatic rings. The molecule has 1 heterocycles. The van der Waals surface area contributed by atoms with E-state index in [1.165, 1.54) is 0 Å². The fourth-order valence-corrected chi connectivity index (χ4v) is 3.51. The van der Waals surface area contributed by atoms with Crippen molar-refractivity contribution in [2.75, 3.05) is 20.2 Å². The highest BCUT2D eigenvalue weighted by Gasteiger charge is 2.18. The van der Waals surface area contributed by atoms with Crippen LogP contribution >= 0.6 is 11.3 Å². The third-order valence-corrected chi connectivity index (χ3v) is 5.00. The van der Waals surface area contributed by atoms with Crippen LogP contribution in [-0.2, 0) is 0 Å². The van der Waals surface area contributed by atoms with Crippen molar-refractivity contribution in [2.24, 2.45) is 0 Å². The van der Waals surface area contributed by atoms with Crippen molar-refractivity contribution in [3.05, 3.63) is 42.5 Å². The summed E-state index contributed by atoms with van der Waals surface area (Å²) in [5.74, 6) is 1.17. The molecule has 0 fully saturated rings. The lowest BCUT2D eigenvalue weighted by atomic mass is 10.2. The number of benzene rings is 2. The topological polar surface area (TPSA) is 51.7 Å². The Labute approximate surface area is 150 Å². The van der Waals surface area contributed by atoms with Gasteiger partial charge < -0.3 is 14.4 Å². The number of hydrogen-bond acceptors (Lipinski definition) is 5. The molecular weight excluding hydrogens is 336 g/mol. The molecule has 1 aromatic heterocycles. The standard InChI is InChI=1S/C19H20N2O3S/c1-4-21(5-2)19(22)24-16-11-10-13(23-3)12-14(16)18-20-15-8-6-7-9-17(15)25-18/h6-12H,4-5H2,1-3H3. The van der Waals surface area contributed by atoms with E-state index in [0.717, 1.165) is 20.8 Å². The van der Waals surface area contributed by atoms with Crippen molar-refractivity contribution in [3.63, 3.8) is 0 Å². The first-order valence-corrected chi connectivity index (χ1v) is 8.98. The number of nitrogens with zero attached hydrogens (tertiary/aromatic N) is 2. The van der Waals surface area contributed by atoms with Gasteiger partial charge in [-0.05, 0) is 44.2 Å². The Morgan fingerprint density at radius 3 is 2.60 bits per heavy atom. The Morgan fingerprint density at radius 1 is 1.16 bits per heavy atom. The lowest BCUT2D eigenvalue weighted by molar-refractivity contribution is 0.157. The predicted molar refractivity (Wildman–Crippen MR) is 101 cm³/mol. The lowest BCUT2D eigenvalue weighted by Crippen LogP contribution is -2.33. The Kier molecular flexibility index (Phi) is 5.19. The van der Waals surface area contributed by atoms with E-state index in [2.05, 4.69) is 4.98 Å². The van der Waals surface area contributed by atoms with Gasteiger partial charge in [-0.3, -0.25) is 0 Å². The van der Waals surface area contributed by atoms with Crippen molar-refractivity contribution in [1.29, 1.82) is 0 Å². The Hall–Kier alpha value is -2.60. The molecule has 0 saturated carbocycles. The van der Waals surface area contributed by atoms with Gasteiger partial charge >= 0.3 is 6.09 Å². The monoisotopic (exact) mass is 356 g/mol. The molecule has 130 valence electrons. The van der Waals surface area contributed by atoms with Crippen molar-refractivity contribution >= 4 is 27.6 Å². The molecule has 1 amide bonds. The molecule has 0 bridgehead atoms. The Balaban J connectivity index is 2.03. The molecule has 0 unspecified atom stereocenters. The van der Waals surface area contributed by atoms with Crippen LogP contribution in [0.3, 0.4) is 0 Å². The summed E-state index contributed by atoms with van der Waals surface area (Å²) in [4.78, 5) is 18.6. The molecule has 0 atom stereocenters. The minimum atomic E-state index is -0.363. The number of aromatic nitrogens is 1. The first-order valence-electron chi connectivity index (χ1n) is 8.17. The number of fused-ring (bicyclic) bond motifs is 1. The third kappa shape index (κ3) is 3.58. The quantitative estimate of drug-likeness (QED) is 0.658. The van der Waals surface area contributed by atoms with Gasteiger partial charge in [0.2, 0.25) is 0 Å². The summed E-state index contributed by atoms with van der Waals surface area (Å²) >= 11 is 1.56. The van der Waals surface area contributed by atoms with Crippen LogP contribution in [0.15, 0.2) is 42.5 Å². The number of para-hydroxylation sites is 1. The van der Waals surface area contributed by atoms with Gasteiger partial charge in [0.05, 0.1) is 22.9 Å². The fraction of sp³-hybridized carbons (Fsp3) is 0.263. The Morgan fingerprint density at radius 2 is 1.92 bits per heavy atom. The molecule has 3 rings (SSSR count). The third-order valence-electron chi connectivity index (χ3n) is 3.93. The normalized spacial score (nSPS) is 10.7. The maximum atomic E-state index is 12.3. The van der Waals surface area contributed by atoms with Crippen LogP contribution in [0.1, 0.15) is 13.8 Å². The number of thiazole rings is 1. The molecule has 0 spiro atoms. The summed E-state index contributed by atoms with van der Waals surface area (Å²) in [6.07, 6.45) is -0.363. The van der Waals surface area contributed by atoms with E-state index < -0.39 is 0 Å². The zero-order valence-corrected chi connectivity index (χ0v) is 15.3. The fourth-order valence-electron chi connectivity index (χ4n) is 2.52. The minimum Gasteiger partial charge on any atom is -0.497 e. The number of rotatable bonds is 5. The van der Waals surface area contributed by atoms with Gasteiger partial charge in [-0.2, -0.15) is 0 Å². The Bertz CT molecular complexity index is 854. The van der Waals surface area contributed by atoms with Gasteiger partial charge in [0.1, 0.15) is 16.5 Å². The number of carbonyl (C=O) groups is 1. The zero-order valence-electron chi connectivity index (χ0n) is 14.5. The molecule has 25 heavy (non-hydrogen) atoms. The summed E-state index contributed by atoms with van der Waals surface area (Å²) in [6, 6.07) is 13.3. The molecule has 0 aliphatic heterocycles. The number of ether oxygens (including phenoxy) is 2. The summed E-state index contributed by atoms with van der Waals surface area (Å²) < 4.78 is 12.0. The van der Waals surface area contributed by atoms with Crippen molar-refractivity contribution in [1.82, 2.24) is 9.88 Å². The second-order valence-corrected chi connectivity index (χ2v) is 6.42. The molecule has 5 nitrogen and oxygen atoms in total. The van der Waals surface area contributed by atoms with Gasteiger partial charge in [-0.1, -0.05) is 12.1 Å². The van der Waals surface area contributed by atoms with Gasteiger partial charge in [0.25, 0.3) is 0 Å². The largest absolute Gasteiger partial charge is 0.497 e. The van der Waals surface area contributed by atoms with E-state index in [1.54, 1.807) is 35.5 Å². The molecular formula is C19H20N2O3S. The average Bonchev–Trinajstić information content (AvgIpc) is 3.07. The highest BCUT2D eigenvalue weighted by molar-refractivity contribution is 7.21. The van der Waals surface area contributed by atoms with E-state index >= 15 is 0 Å². The van der Waals surface area contributed by atoms with Crippen LogP contribution in [0.4, 0.5) is 4.79 Å². The molecule has 0 radical (unpaired) electrons. The van der Waals surface area contributed by atoms with E-state index in [9.17, 15) is 4.79 Å². The summed E-state index contributed by atoms with van der Waals surface area (Å²) in [5, 5.41) is 0.794. The highest BCUT2D eigenvalue weighted by Crippen LogP contribution is 2.38. The second kappa shape index (κ2) is 7.53. The average molecular weight is 356 g/mol. The SMILES string of the molecule is CCN(CC)C(=O)Oc1ccc(OC)cc1-c1nc2ccccc2s1. The van der Waals surface area contributed by atoms with Gasteiger partial charge in [-0.15, -0.1) is 11.3 Å². The van der Waals surface area contributed by atoms with E-state index in [4.69, 9.17) is 9.47 Å². The molecule has 0 N–H and O–H groups in total. The number of carbonyl (C=O) groups excluding carboxylic acids is 1. The maximum Gasteiger partial charge on any atom is 0.415 e. The first kappa shape index (κ1) is 17.2. The molecule has 0 saturated heterocycles. The lowest BCUT2D eigenvalue weighted by Gasteiger charge is -2.19. The van der Waals surface area contributed by atoms with Crippen LogP contribution in [0.5, 0.6) is 11.5 Å². The van der Waals surface area contributed by atoms with Crippen LogP contribution in [0.2, 0.25) is 0 Å². The second-order valence-electron chi connectivity index (χ2n) is 5.39. The maximum absolute atomic E-state index is 12.3. The summed E-state index contributed by atoms with van der Waals surface area (Å²) in [5.41, 5.74) is 1.67. The first-order chi connectivity index (χ1) is 12.2. The van der Waals surface area contributed by atoms with Gasteiger partial charge in [0, 0.05) is 13.1 Å². The number of amides is 1. The van der Waals surface area contributed by atoms with E-state index in [0.29, 0.717) is 24.6 Å². The van der Waals surface area contributed by atoms with Crippen LogP contribution in [0.25, 0.3) is 20.8 Å². The van der Waals surface area contributed by atoms with Gasteiger partial charge in [0.15, 0.2) is 0 Å². The van der Waals surface area contributed by atoms with E-state index in [-0.39, 0.29) is 6.09 Å². The van der Waals surface area contributed by atoms with Crippen LogP contribution in [0, 0.1) is 0 Å². The summed E-state index contributed by atoms with van der Waals surface area (Å²) in [7, 11) is 1.61. The van der Waals surface area contributed by atoms with Crippen molar-refractivity contribution in [3.8, 4) is 22.1 Å². The molecule has 3 aromatic rings. The van der Waals surface area contributed by atoms with Crippen LogP contribution in [-0.4, -0.2) is 36.2 Å². The zero-order chi connectivity index (χ0) is 17.8. The van der Waals surface area contributed by atoms with Crippen molar-refractivity contribution < 1.29 is 14.3 Å². The van der Waals surface area contributed by atoms with Crippen LogP contribution < -0.4 is 9.47 Å². The number of hydrogen-bond donors (Lipinski definition) is 0. The summed E-state index contributed by atoms with van der Waals surface area (Å²) in [6.45, 7) is 5.05. The van der Waals surface area contributed by atoms with Crippen molar-refractivity contribution in [2.45, 2.75) is 13.8 Å². The smallest absolute Gasteiger partial charge is 0.415 e. The highest BCUT2D eigenvalue weighted by atomic mass is 32.1. The minimum absolute atomic E-state index is 0.363. The predicted octanol–water partition coefficient (Wildman–Crippen LogP) is 4.81. The molecule has 6 heteroatoms. The number of methoxy groups -OCH3 is 1. The molecule has 0 aliphatic carbocycles. The van der Waals surface area contributed by atoms with Gasteiger partial charge in [-0.25, -0.2) is 9.78 Å².